The average Bonchev–Trinajstić information content (AvgIpc) is 2.36. The molecule has 0 aliphatic carbocycles. The molecular weight excluding hydrogens is 256 g/mol. The second-order valence-corrected chi connectivity index (χ2v) is 3.84. The van der Waals surface area contributed by atoms with Crippen molar-refractivity contribution in [2.24, 2.45) is 0 Å². The van der Waals surface area contributed by atoms with E-state index in [1.165, 1.54) is 26.2 Å². The molecule has 0 aromatic rings. The second-order valence-electron chi connectivity index (χ2n) is 3.84. The largest absolute Gasteiger partial charge is 0.480 e. The fraction of sp³-hybridized carbons (Fsp3) is 0.727. The van der Waals surface area contributed by atoms with Crippen molar-refractivity contribution in [1.29, 1.82) is 0 Å². The van der Waals surface area contributed by atoms with Gasteiger partial charge in [0.2, 0.25) is 0 Å². The number of methoxy groups -OCH3 is 2. The van der Waals surface area contributed by atoms with Crippen molar-refractivity contribution in [2.75, 3.05) is 47.5 Å². The zero-order valence-corrected chi connectivity index (χ0v) is 11.4. The lowest BCUT2D eigenvalue weighted by Gasteiger charge is -2.26. The molecule has 0 aromatic heterocycles. The van der Waals surface area contributed by atoms with Gasteiger partial charge in [0.15, 0.2) is 0 Å². The van der Waals surface area contributed by atoms with E-state index in [9.17, 15) is 14.4 Å². The van der Waals surface area contributed by atoms with Crippen molar-refractivity contribution in [3.05, 3.63) is 0 Å². The quantitative estimate of drug-likeness (QED) is 0.608. The van der Waals surface area contributed by atoms with E-state index < -0.39 is 24.5 Å². The van der Waals surface area contributed by atoms with Gasteiger partial charge in [0.1, 0.15) is 6.54 Å². The molecule has 0 spiro atoms. The molecule has 0 fully saturated rings. The van der Waals surface area contributed by atoms with E-state index in [0.717, 1.165) is 4.90 Å². The van der Waals surface area contributed by atoms with Gasteiger partial charge in [-0.25, -0.2) is 4.79 Å². The lowest BCUT2D eigenvalue weighted by molar-refractivity contribution is -0.141. The fourth-order valence-electron chi connectivity index (χ4n) is 1.34. The summed E-state index contributed by atoms with van der Waals surface area (Å²) < 4.78 is 9.37. The third-order valence-corrected chi connectivity index (χ3v) is 2.35. The Labute approximate surface area is 111 Å². The molecule has 1 N–H and O–H groups in total. The first kappa shape index (κ1) is 17.2. The smallest absolute Gasteiger partial charge is 0.323 e. The highest BCUT2D eigenvalue weighted by Crippen LogP contribution is 2.00. The van der Waals surface area contributed by atoms with E-state index in [-0.39, 0.29) is 19.5 Å². The number of carboxylic acids is 1. The molecule has 8 nitrogen and oxygen atoms in total. The number of ether oxygens (including phenoxy) is 2. The molecule has 0 unspecified atom stereocenters. The maximum Gasteiger partial charge on any atom is 0.323 e. The van der Waals surface area contributed by atoms with Crippen LogP contribution in [0.25, 0.3) is 0 Å². The second kappa shape index (κ2) is 9.15. The number of hydrogen-bond acceptors (Lipinski definition) is 5. The lowest BCUT2D eigenvalue weighted by Crippen LogP contribution is -2.45. The third kappa shape index (κ3) is 7.24. The molecule has 2 amide bonds. The Hall–Kier alpha value is -1.83. The summed E-state index contributed by atoms with van der Waals surface area (Å²) in [5, 5.41) is 8.64. The van der Waals surface area contributed by atoms with Gasteiger partial charge in [-0.3, -0.25) is 9.59 Å². The van der Waals surface area contributed by atoms with Crippen LogP contribution in [0.2, 0.25) is 0 Å². The van der Waals surface area contributed by atoms with E-state index in [0.29, 0.717) is 6.61 Å². The molecule has 0 aromatic carbocycles. The predicted molar refractivity (Wildman–Crippen MR) is 65.7 cm³/mol. The Morgan fingerprint density at radius 1 is 1.16 bits per heavy atom. The fourth-order valence-corrected chi connectivity index (χ4v) is 1.34. The summed E-state index contributed by atoms with van der Waals surface area (Å²) in [6.07, 6.45) is 0.0485. The molecule has 0 radical (unpaired) electrons. The van der Waals surface area contributed by atoms with Crippen molar-refractivity contribution in [1.82, 2.24) is 9.80 Å². The monoisotopic (exact) mass is 276 g/mol. The van der Waals surface area contributed by atoms with Crippen LogP contribution in [0, 0.1) is 0 Å². The van der Waals surface area contributed by atoms with E-state index in [1.54, 1.807) is 0 Å². The maximum atomic E-state index is 12.0. The molecule has 8 heteroatoms. The lowest BCUT2D eigenvalue weighted by atomic mass is 10.4. The van der Waals surface area contributed by atoms with Crippen LogP contribution in [0.3, 0.4) is 0 Å². The van der Waals surface area contributed by atoms with Crippen molar-refractivity contribution >= 4 is 18.0 Å². The number of carbonyl (C=O) groups is 3. The van der Waals surface area contributed by atoms with Crippen LogP contribution >= 0.6 is 0 Å². The molecule has 19 heavy (non-hydrogen) atoms. The highest BCUT2D eigenvalue weighted by atomic mass is 16.5. The number of carboxylic acid groups (broad SMARTS) is 1. The van der Waals surface area contributed by atoms with Gasteiger partial charge in [0.05, 0.1) is 20.1 Å². The van der Waals surface area contributed by atoms with Crippen molar-refractivity contribution in [3.63, 3.8) is 0 Å². The van der Waals surface area contributed by atoms with Crippen LogP contribution in [0.15, 0.2) is 0 Å². The van der Waals surface area contributed by atoms with Crippen LogP contribution in [0.5, 0.6) is 0 Å². The third-order valence-electron chi connectivity index (χ3n) is 2.35. The number of urea groups is 1. The minimum absolute atomic E-state index is 0.0485. The summed E-state index contributed by atoms with van der Waals surface area (Å²) in [5.74, 6) is -1.54. The molecular formula is C11H20N2O6. The van der Waals surface area contributed by atoms with E-state index in [4.69, 9.17) is 9.84 Å². The van der Waals surface area contributed by atoms with E-state index in [2.05, 4.69) is 4.74 Å². The van der Waals surface area contributed by atoms with Crippen LogP contribution in [-0.4, -0.2) is 80.4 Å². The molecule has 0 heterocycles. The van der Waals surface area contributed by atoms with Crippen LogP contribution in [-0.2, 0) is 19.1 Å². The molecule has 0 bridgehead atoms. The summed E-state index contributed by atoms with van der Waals surface area (Å²) in [6, 6.07) is -0.469. The summed E-state index contributed by atoms with van der Waals surface area (Å²) >= 11 is 0. The summed E-state index contributed by atoms with van der Waals surface area (Å²) in [4.78, 5) is 36.0. The van der Waals surface area contributed by atoms with Gasteiger partial charge in [0.25, 0.3) is 0 Å². The molecule has 0 aliphatic heterocycles. The number of carbonyl (C=O) groups excluding carboxylic acids is 2. The number of likely N-dealkylation sites (N-methyl/N-ethyl adjacent to an activating group) is 1. The van der Waals surface area contributed by atoms with Crippen molar-refractivity contribution < 1.29 is 29.0 Å². The van der Waals surface area contributed by atoms with Crippen LogP contribution in [0.1, 0.15) is 6.42 Å². The normalized spacial score (nSPS) is 9.84. The molecule has 0 atom stereocenters. The van der Waals surface area contributed by atoms with Gasteiger partial charge < -0.3 is 24.4 Å². The Balaban J connectivity index is 4.49. The predicted octanol–water partition coefficient (Wildman–Crippen LogP) is -0.366. The Morgan fingerprint density at radius 3 is 2.26 bits per heavy atom. The molecule has 110 valence electrons. The molecule has 0 saturated heterocycles. The van der Waals surface area contributed by atoms with Gasteiger partial charge >= 0.3 is 18.0 Å². The Bertz CT molecular complexity index is 320. The summed E-state index contributed by atoms with van der Waals surface area (Å²) in [7, 11) is 4.14. The van der Waals surface area contributed by atoms with Crippen LogP contribution in [0.4, 0.5) is 4.79 Å². The zero-order chi connectivity index (χ0) is 14.8. The SMILES string of the molecule is COCCN(CCC(=O)OC)C(=O)N(C)CC(=O)O. The standard InChI is InChI=1S/C11H20N2O6/c1-12(8-9(14)15)11(17)13(6-7-18-2)5-4-10(16)19-3/h4-8H2,1-3H3,(H,14,15). The number of esters is 1. The summed E-state index contributed by atoms with van der Waals surface area (Å²) in [5.41, 5.74) is 0. The number of aliphatic carboxylic acids is 1. The minimum atomic E-state index is -1.10. The Morgan fingerprint density at radius 2 is 1.79 bits per heavy atom. The number of amides is 2. The topological polar surface area (TPSA) is 96.4 Å². The van der Waals surface area contributed by atoms with Gasteiger partial charge in [0, 0.05) is 27.2 Å². The van der Waals surface area contributed by atoms with Crippen LogP contribution < -0.4 is 0 Å². The van der Waals surface area contributed by atoms with Crippen molar-refractivity contribution in [3.8, 4) is 0 Å². The minimum Gasteiger partial charge on any atom is -0.480 e. The van der Waals surface area contributed by atoms with Gasteiger partial charge in [-0.15, -0.1) is 0 Å². The number of nitrogens with zero attached hydrogens (tertiary/aromatic N) is 2. The summed E-state index contributed by atoms with van der Waals surface area (Å²) in [6.45, 7) is 0.323. The zero-order valence-electron chi connectivity index (χ0n) is 11.4. The molecule has 0 rings (SSSR count). The highest BCUT2D eigenvalue weighted by molar-refractivity contribution is 5.80. The van der Waals surface area contributed by atoms with E-state index in [1.807, 2.05) is 0 Å². The van der Waals surface area contributed by atoms with Gasteiger partial charge in [-0.1, -0.05) is 0 Å². The highest BCUT2D eigenvalue weighted by Gasteiger charge is 2.20. The number of rotatable bonds is 8. The Kier molecular flexibility index (Phi) is 8.27. The van der Waals surface area contributed by atoms with Gasteiger partial charge in [-0.05, 0) is 0 Å². The molecule has 0 aliphatic rings. The number of hydrogen-bond donors (Lipinski definition) is 1. The van der Waals surface area contributed by atoms with Gasteiger partial charge in [-0.2, -0.15) is 0 Å². The first-order chi connectivity index (χ1) is 8.92. The maximum absolute atomic E-state index is 12.0. The molecule has 0 saturated carbocycles. The first-order valence-corrected chi connectivity index (χ1v) is 5.70. The van der Waals surface area contributed by atoms with E-state index >= 15 is 0 Å². The first-order valence-electron chi connectivity index (χ1n) is 5.70. The average molecular weight is 276 g/mol. The van der Waals surface area contributed by atoms with Crippen molar-refractivity contribution in [2.45, 2.75) is 6.42 Å².